The van der Waals surface area contributed by atoms with Crippen molar-refractivity contribution in [2.45, 2.75) is 4.90 Å². The number of rotatable bonds is 9. The van der Waals surface area contributed by atoms with Gasteiger partial charge in [-0.1, -0.05) is 11.3 Å². The highest BCUT2D eigenvalue weighted by Gasteiger charge is 2.26. The Bertz CT molecular complexity index is 1160. The number of carbonyl (C=O) groups is 1. The minimum Gasteiger partial charge on any atom is -0.497 e. The smallest absolute Gasteiger partial charge is 0.244 e. The van der Waals surface area contributed by atoms with E-state index in [0.717, 1.165) is 10.2 Å². The molecule has 0 saturated heterocycles. The second-order valence-corrected chi connectivity index (χ2v) is 10.1. The highest BCUT2D eigenvalue weighted by atomic mass is 32.2. The lowest BCUT2D eigenvalue weighted by Gasteiger charge is -2.22. The van der Waals surface area contributed by atoms with E-state index in [1.807, 2.05) is 31.1 Å². The summed E-state index contributed by atoms with van der Waals surface area (Å²) in [6, 6.07) is 11.5. The molecule has 1 heterocycles. The summed E-state index contributed by atoms with van der Waals surface area (Å²) < 4.78 is 36.9. The molecule has 0 saturated carbocycles. The third kappa shape index (κ3) is 5.52. The molecule has 0 aliphatic heterocycles. The first-order valence-corrected chi connectivity index (χ1v) is 12.0. The predicted molar refractivity (Wildman–Crippen MR) is 122 cm³/mol. The zero-order valence-electron chi connectivity index (χ0n) is 17.9. The van der Waals surface area contributed by atoms with Crippen LogP contribution in [0.5, 0.6) is 11.5 Å². The highest BCUT2D eigenvalue weighted by Crippen LogP contribution is 2.32. The molecule has 0 aliphatic rings. The molecular formula is C21H25N3O5S2. The summed E-state index contributed by atoms with van der Waals surface area (Å²) in [5.74, 6) is 0.0638. The van der Waals surface area contributed by atoms with Crippen LogP contribution in [0.15, 0.2) is 47.4 Å². The maximum atomic E-state index is 13.1. The fraction of sp³-hybridized carbons (Fsp3) is 0.333. The van der Waals surface area contributed by atoms with Gasteiger partial charge in [0.15, 0.2) is 15.0 Å². The number of amides is 1. The number of thiazole rings is 1. The van der Waals surface area contributed by atoms with Crippen molar-refractivity contribution in [1.82, 2.24) is 9.88 Å². The SMILES string of the molecule is COc1ccc(S(=O)(=O)CC(=O)N(CCN(C)C)c2nc3ccc(OC)cc3s2)cc1. The molecule has 0 N–H and O–H groups in total. The van der Waals surface area contributed by atoms with Crippen LogP contribution in [-0.4, -0.2) is 71.4 Å². The Hall–Kier alpha value is -2.69. The topological polar surface area (TPSA) is 89.0 Å². The number of methoxy groups -OCH3 is 2. The van der Waals surface area contributed by atoms with E-state index in [2.05, 4.69) is 4.98 Å². The zero-order chi connectivity index (χ0) is 22.6. The number of fused-ring (bicyclic) bond motifs is 1. The largest absolute Gasteiger partial charge is 0.497 e. The van der Waals surface area contributed by atoms with Gasteiger partial charge in [0.2, 0.25) is 5.91 Å². The Morgan fingerprint density at radius 1 is 1.00 bits per heavy atom. The molecular weight excluding hydrogens is 438 g/mol. The monoisotopic (exact) mass is 463 g/mol. The van der Waals surface area contributed by atoms with Crippen molar-refractivity contribution in [2.24, 2.45) is 0 Å². The fourth-order valence-electron chi connectivity index (χ4n) is 2.87. The number of anilines is 1. The molecule has 0 unspecified atom stereocenters. The summed E-state index contributed by atoms with van der Waals surface area (Å²) in [6.45, 7) is 0.883. The molecule has 0 atom stereocenters. The van der Waals surface area contributed by atoms with Crippen LogP contribution in [0.3, 0.4) is 0 Å². The van der Waals surface area contributed by atoms with Gasteiger partial charge in [0.05, 0.1) is 29.3 Å². The molecule has 2 aromatic carbocycles. The molecule has 1 amide bonds. The molecule has 0 spiro atoms. The summed E-state index contributed by atoms with van der Waals surface area (Å²) in [5, 5.41) is 0.458. The molecule has 0 radical (unpaired) electrons. The van der Waals surface area contributed by atoms with Gasteiger partial charge in [-0.05, 0) is 56.6 Å². The normalized spacial score (nSPS) is 11.6. The van der Waals surface area contributed by atoms with Crippen molar-refractivity contribution in [3.05, 3.63) is 42.5 Å². The average Bonchev–Trinajstić information content (AvgIpc) is 3.16. The first kappa shape index (κ1) is 23.0. The maximum absolute atomic E-state index is 13.1. The van der Waals surface area contributed by atoms with Gasteiger partial charge in [-0.15, -0.1) is 0 Å². The summed E-state index contributed by atoms with van der Waals surface area (Å²) >= 11 is 1.33. The van der Waals surface area contributed by atoms with Crippen LogP contribution in [-0.2, 0) is 14.6 Å². The number of likely N-dealkylation sites (N-methyl/N-ethyl adjacent to an activating group) is 1. The van der Waals surface area contributed by atoms with E-state index in [-0.39, 0.29) is 4.90 Å². The lowest BCUT2D eigenvalue weighted by Crippen LogP contribution is -2.40. The Labute approximate surface area is 185 Å². The summed E-state index contributed by atoms with van der Waals surface area (Å²) in [6.07, 6.45) is 0. The molecule has 0 aliphatic carbocycles. The molecule has 10 heteroatoms. The van der Waals surface area contributed by atoms with E-state index in [1.165, 1.54) is 35.5 Å². The molecule has 1 aromatic heterocycles. The second kappa shape index (κ2) is 9.63. The molecule has 31 heavy (non-hydrogen) atoms. The number of sulfone groups is 1. The Morgan fingerprint density at radius 3 is 2.26 bits per heavy atom. The molecule has 3 rings (SSSR count). The lowest BCUT2D eigenvalue weighted by molar-refractivity contribution is -0.116. The Kier molecular flexibility index (Phi) is 7.14. The average molecular weight is 464 g/mol. The summed E-state index contributed by atoms with van der Waals surface area (Å²) in [4.78, 5) is 21.1. The third-order valence-corrected chi connectivity index (χ3v) is 7.28. The summed E-state index contributed by atoms with van der Waals surface area (Å²) in [5.41, 5.74) is 0.724. The zero-order valence-corrected chi connectivity index (χ0v) is 19.5. The predicted octanol–water partition coefficient (Wildman–Crippen LogP) is 2.68. The van der Waals surface area contributed by atoms with Crippen LogP contribution in [0.25, 0.3) is 10.2 Å². The molecule has 166 valence electrons. The molecule has 3 aromatic rings. The van der Waals surface area contributed by atoms with E-state index in [4.69, 9.17) is 9.47 Å². The van der Waals surface area contributed by atoms with Crippen LogP contribution in [0.2, 0.25) is 0 Å². The number of hydrogen-bond donors (Lipinski definition) is 0. The first-order valence-electron chi connectivity index (χ1n) is 9.50. The van der Waals surface area contributed by atoms with Gasteiger partial charge in [-0.2, -0.15) is 0 Å². The van der Waals surface area contributed by atoms with Gasteiger partial charge in [-0.25, -0.2) is 13.4 Å². The maximum Gasteiger partial charge on any atom is 0.244 e. The number of ether oxygens (including phenoxy) is 2. The van der Waals surface area contributed by atoms with Crippen molar-refractivity contribution in [3.63, 3.8) is 0 Å². The third-order valence-electron chi connectivity index (χ3n) is 4.62. The highest BCUT2D eigenvalue weighted by molar-refractivity contribution is 7.92. The lowest BCUT2D eigenvalue weighted by atomic mass is 10.3. The van der Waals surface area contributed by atoms with Crippen molar-refractivity contribution < 1.29 is 22.7 Å². The standard InChI is InChI=1S/C21H25N3O5S2/c1-23(2)11-12-24(21-22-18-10-7-16(29-4)13-19(18)30-21)20(25)14-31(26,27)17-8-5-15(28-3)6-9-17/h5-10,13H,11-12,14H2,1-4H3. The fourth-order valence-corrected chi connectivity index (χ4v) is 5.10. The van der Waals surface area contributed by atoms with Gasteiger partial charge in [-0.3, -0.25) is 9.69 Å². The van der Waals surface area contributed by atoms with Gasteiger partial charge in [0.1, 0.15) is 17.3 Å². The first-order chi connectivity index (χ1) is 14.7. The Morgan fingerprint density at radius 2 is 1.65 bits per heavy atom. The van der Waals surface area contributed by atoms with Crippen molar-refractivity contribution in [2.75, 3.05) is 52.1 Å². The number of nitrogens with zero attached hydrogens (tertiary/aromatic N) is 3. The molecule has 0 fully saturated rings. The van der Waals surface area contributed by atoms with E-state index in [1.54, 1.807) is 25.3 Å². The number of benzene rings is 2. The van der Waals surface area contributed by atoms with E-state index < -0.39 is 21.5 Å². The van der Waals surface area contributed by atoms with Crippen LogP contribution in [0, 0.1) is 0 Å². The van der Waals surface area contributed by atoms with Gasteiger partial charge in [0.25, 0.3) is 0 Å². The number of aromatic nitrogens is 1. The van der Waals surface area contributed by atoms with Gasteiger partial charge in [0, 0.05) is 13.1 Å². The summed E-state index contributed by atoms with van der Waals surface area (Å²) in [7, 11) is 3.04. The Balaban J connectivity index is 1.89. The van der Waals surface area contributed by atoms with Crippen LogP contribution in [0.1, 0.15) is 0 Å². The minimum absolute atomic E-state index is 0.0724. The quantitative estimate of drug-likeness (QED) is 0.482. The second-order valence-electron chi connectivity index (χ2n) is 7.11. The van der Waals surface area contributed by atoms with Crippen LogP contribution >= 0.6 is 11.3 Å². The van der Waals surface area contributed by atoms with Gasteiger partial charge >= 0.3 is 0 Å². The van der Waals surface area contributed by atoms with Crippen molar-refractivity contribution in [1.29, 1.82) is 0 Å². The minimum atomic E-state index is -3.82. The van der Waals surface area contributed by atoms with Crippen molar-refractivity contribution >= 4 is 42.4 Å². The van der Waals surface area contributed by atoms with E-state index in [9.17, 15) is 13.2 Å². The molecule has 8 nitrogen and oxygen atoms in total. The number of carbonyl (C=O) groups excluding carboxylic acids is 1. The number of hydrogen-bond acceptors (Lipinski definition) is 8. The van der Waals surface area contributed by atoms with Crippen molar-refractivity contribution in [3.8, 4) is 11.5 Å². The van der Waals surface area contributed by atoms with E-state index in [0.29, 0.717) is 29.7 Å². The van der Waals surface area contributed by atoms with Crippen LogP contribution in [0.4, 0.5) is 5.13 Å². The van der Waals surface area contributed by atoms with Gasteiger partial charge < -0.3 is 14.4 Å². The van der Waals surface area contributed by atoms with E-state index >= 15 is 0 Å². The van der Waals surface area contributed by atoms with Crippen LogP contribution < -0.4 is 14.4 Å². The molecule has 0 bridgehead atoms.